The Bertz CT molecular complexity index is 517. The molecular weight excluding hydrogens is 327 g/mol. The van der Waals surface area contributed by atoms with E-state index in [0.717, 1.165) is 11.1 Å². The van der Waals surface area contributed by atoms with Gasteiger partial charge in [0.25, 0.3) is 0 Å². The molecule has 0 aliphatic carbocycles. The van der Waals surface area contributed by atoms with Crippen LogP contribution in [0, 0.1) is 0 Å². The maximum absolute atomic E-state index is 12.1. The van der Waals surface area contributed by atoms with E-state index in [2.05, 4.69) is 74.4 Å². The van der Waals surface area contributed by atoms with E-state index in [4.69, 9.17) is 0 Å². The quantitative estimate of drug-likeness (QED) is 0.778. The van der Waals surface area contributed by atoms with Gasteiger partial charge in [-0.05, 0) is 0 Å². The van der Waals surface area contributed by atoms with E-state index in [9.17, 15) is 8.02 Å². The van der Waals surface area contributed by atoms with Crippen molar-refractivity contribution in [1.82, 2.24) is 0 Å². The molecule has 0 saturated carbocycles. The van der Waals surface area contributed by atoms with Crippen molar-refractivity contribution in [3.63, 3.8) is 0 Å². The summed E-state index contributed by atoms with van der Waals surface area (Å²) in [6, 6.07) is 4.27. The summed E-state index contributed by atoms with van der Waals surface area (Å²) >= 11 is -2.99. The Hall–Kier alpha value is -0.501. The Labute approximate surface area is 134 Å². The number of benzene rings is 1. The van der Waals surface area contributed by atoms with Crippen molar-refractivity contribution in [1.29, 1.82) is 0 Å². The van der Waals surface area contributed by atoms with E-state index >= 15 is 0 Å². The molecule has 1 N–H and O–H groups in total. The van der Waals surface area contributed by atoms with Crippen LogP contribution in [0.15, 0.2) is 12.1 Å². The zero-order valence-electron chi connectivity index (χ0n) is 14.9. The average molecular weight is 357 g/mol. The number of rotatable bonds is 1. The third-order valence-corrected chi connectivity index (χ3v) is 5.40. The Balaban J connectivity index is 3.89. The summed E-state index contributed by atoms with van der Waals surface area (Å²) in [7, 11) is 0. The molecule has 0 fully saturated rings. The SMILES string of the molecule is CC(C)(C)c1cc(C(C)(C)C)c([Se](=O)O)c(C(C)(C)C)c1. The number of hydrogen-bond acceptors (Lipinski definition) is 1. The van der Waals surface area contributed by atoms with Crippen LogP contribution in [0.4, 0.5) is 0 Å². The van der Waals surface area contributed by atoms with Crippen LogP contribution in [0.1, 0.15) is 79.0 Å². The van der Waals surface area contributed by atoms with Gasteiger partial charge in [-0.25, -0.2) is 0 Å². The zero-order valence-corrected chi connectivity index (χ0v) is 16.6. The normalized spacial score (nSPS) is 15.1. The van der Waals surface area contributed by atoms with Gasteiger partial charge in [0.1, 0.15) is 0 Å². The average Bonchev–Trinajstić information content (AvgIpc) is 2.23. The Morgan fingerprint density at radius 1 is 0.762 bits per heavy atom. The first-order chi connectivity index (χ1) is 9.15. The van der Waals surface area contributed by atoms with Crippen LogP contribution in [0.2, 0.25) is 0 Å². The molecule has 0 aliphatic heterocycles. The summed E-state index contributed by atoms with van der Waals surface area (Å²) in [6.45, 7) is 19.2. The van der Waals surface area contributed by atoms with Crippen molar-refractivity contribution >= 4 is 18.6 Å². The van der Waals surface area contributed by atoms with Gasteiger partial charge in [-0.1, -0.05) is 0 Å². The van der Waals surface area contributed by atoms with Gasteiger partial charge in [0.05, 0.1) is 0 Å². The summed E-state index contributed by atoms with van der Waals surface area (Å²) in [5, 5.41) is 0. The minimum atomic E-state index is -2.99. The van der Waals surface area contributed by atoms with Crippen molar-refractivity contribution in [3.8, 4) is 0 Å². The molecular formula is C18H30O2Se. The van der Waals surface area contributed by atoms with E-state index in [1.807, 2.05) is 0 Å². The van der Waals surface area contributed by atoms with Gasteiger partial charge >= 0.3 is 134 Å². The van der Waals surface area contributed by atoms with Crippen LogP contribution in [0.5, 0.6) is 0 Å². The fraction of sp³-hybridized carbons (Fsp3) is 0.667. The van der Waals surface area contributed by atoms with Gasteiger partial charge in [-0.3, -0.25) is 0 Å². The summed E-state index contributed by atoms with van der Waals surface area (Å²) in [5.41, 5.74) is 2.99. The minimum absolute atomic E-state index is 0.0202. The second-order valence-corrected chi connectivity index (χ2v) is 10.8. The van der Waals surface area contributed by atoms with E-state index < -0.39 is 14.2 Å². The Morgan fingerprint density at radius 2 is 1.10 bits per heavy atom. The zero-order chi connectivity index (χ0) is 16.8. The Morgan fingerprint density at radius 3 is 1.29 bits per heavy atom. The standard InChI is InChI=1S/C18H30O2Se/c1-16(2,3)12-10-13(17(4,5)6)15(21(19)20)14(11-12)18(7,8)9/h10-11H,1-9H3,(H,19,20). The molecule has 0 radical (unpaired) electrons. The van der Waals surface area contributed by atoms with Crippen LogP contribution < -0.4 is 4.46 Å². The fourth-order valence-corrected chi connectivity index (χ4v) is 4.69. The molecule has 1 rings (SSSR count). The predicted molar refractivity (Wildman–Crippen MR) is 90.8 cm³/mol. The third-order valence-electron chi connectivity index (χ3n) is 3.75. The van der Waals surface area contributed by atoms with Gasteiger partial charge in [0.15, 0.2) is 0 Å². The molecule has 0 aliphatic rings. The van der Waals surface area contributed by atoms with Crippen LogP contribution in [0.25, 0.3) is 0 Å². The van der Waals surface area contributed by atoms with E-state index in [1.54, 1.807) is 0 Å². The van der Waals surface area contributed by atoms with Crippen molar-refractivity contribution in [2.45, 2.75) is 78.6 Å². The summed E-state index contributed by atoms with van der Waals surface area (Å²) in [4.78, 5) is 0. The van der Waals surface area contributed by atoms with Crippen molar-refractivity contribution in [3.05, 3.63) is 28.8 Å². The van der Waals surface area contributed by atoms with Crippen LogP contribution in [-0.4, -0.2) is 18.4 Å². The van der Waals surface area contributed by atoms with Crippen molar-refractivity contribution in [2.75, 3.05) is 0 Å². The van der Waals surface area contributed by atoms with Gasteiger partial charge in [0.2, 0.25) is 0 Å². The summed E-state index contributed by atoms with van der Waals surface area (Å²) < 4.78 is 22.8. The topological polar surface area (TPSA) is 37.3 Å². The van der Waals surface area contributed by atoms with E-state index in [-0.39, 0.29) is 16.2 Å². The first kappa shape index (κ1) is 18.5. The van der Waals surface area contributed by atoms with Gasteiger partial charge in [-0.15, -0.1) is 0 Å². The molecule has 1 unspecified atom stereocenters. The molecule has 3 heteroatoms. The third kappa shape index (κ3) is 4.25. The maximum atomic E-state index is 12.1. The van der Waals surface area contributed by atoms with Gasteiger partial charge in [-0.2, -0.15) is 0 Å². The fourth-order valence-electron chi connectivity index (χ4n) is 2.36. The Kier molecular flexibility index (Phi) is 4.95. The van der Waals surface area contributed by atoms with E-state index in [1.165, 1.54) is 5.56 Å². The molecule has 120 valence electrons. The molecule has 0 aromatic heterocycles. The molecule has 0 bridgehead atoms. The summed E-state index contributed by atoms with van der Waals surface area (Å²) in [5.74, 6) is 0. The monoisotopic (exact) mass is 358 g/mol. The first-order valence-electron chi connectivity index (χ1n) is 7.46. The molecule has 0 amide bonds. The second kappa shape index (κ2) is 5.61. The molecule has 0 heterocycles. The second-order valence-electron chi connectivity index (χ2n) is 8.90. The molecule has 1 aromatic rings. The van der Waals surface area contributed by atoms with Crippen molar-refractivity contribution < 1.29 is 8.02 Å². The van der Waals surface area contributed by atoms with Crippen LogP contribution in [0.3, 0.4) is 0 Å². The molecule has 21 heavy (non-hydrogen) atoms. The van der Waals surface area contributed by atoms with Crippen LogP contribution >= 0.6 is 0 Å². The van der Waals surface area contributed by atoms with E-state index in [0.29, 0.717) is 4.46 Å². The first-order valence-corrected chi connectivity index (χ1v) is 9.78. The summed E-state index contributed by atoms with van der Waals surface area (Å²) in [6.07, 6.45) is 0. The van der Waals surface area contributed by atoms with Gasteiger partial charge in [0, 0.05) is 0 Å². The molecule has 2 nitrogen and oxygen atoms in total. The molecule has 1 atom stereocenters. The molecule has 1 aromatic carbocycles. The predicted octanol–water partition coefficient (Wildman–Crippen LogP) is 3.70. The van der Waals surface area contributed by atoms with Crippen molar-refractivity contribution in [2.24, 2.45) is 0 Å². The molecule has 0 spiro atoms. The van der Waals surface area contributed by atoms with Crippen LogP contribution in [-0.2, 0) is 20.1 Å². The number of hydrogen-bond donors (Lipinski definition) is 1. The van der Waals surface area contributed by atoms with Gasteiger partial charge < -0.3 is 0 Å². The molecule has 0 saturated heterocycles.